The van der Waals surface area contributed by atoms with Crippen LogP contribution in [0.2, 0.25) is 5.02 Å². The van der Waals surface area contributed by atoms with Gasteiger partial charge in [-0.05, 0) is 62.6 Å². The number of hydrogen-bond donors (Lipinski definition) is 0. The number of anilines is 1. The van der Waals surface area contributed by atoms with Crippen LogP contribution in [0.1, 0.15) is 44.9 Å². The molecule has 0 radical (unpaired) electrons. The molecular weight excluding hydrogens is 554 g/mol. The van der Waals surface area contributed by atoms with Gasteiger partial charge in [0.1, 0.15) is 23.0 Å². The molecule has 0 spiro atoms. The summed E-state index contributed by atoms with van der Waals surface area (Å²) in [4.78, 5) is 49.2. The highest BCUT2D eigenvalue weighted by atomic mass is 35.5. The molecule has 4 aromatic heterocycles. The van der Waals surface area contributed by atoms with E-state index in [4.69, 9.17) is 21.3 Å². The first-order chi connectivity index (χ1) is 20.1. The van der Waals surface area contributed by atoms with Crippen LogP contribution >= 0.6 is 11.6 Å². The number of methoxy groups -OCH3 is 1. The highest BCUT2D eigenvalue weighted by Crippen LogP contribution is 2.37. The van der Waals surface area contributed by atoms with Gasteiger partial charge in [0, 0.05) is 37.6 Å². The van der Waals surface area contributed by atoms with Crippen LogP contribution in [0.15, 0.2) is 54.1 Å². The Morgan fingerprint density at radius 2 is 1.88 bits per heavy atom. The average molecular weight is 588 g/mol. The zero-order valence-corrected chi connectivity index (χ0v) is 25.4. The molecule has 1 saturated heterocycles. The average Bonchev–Trinajstić information content (AvgIpc) is 2.97. The van der Waals surface area contributed by atoms with Crippen molar-refractivity contribution in [2.45, 2.75) is 52.6 Å². The minimum absolute atomic E-state index is 0.0283. The maximum absolute atomic E-state index is 14.1. The fourth-order valence-electron chi connectivity index (χ4n) is 5.56. The summed E-state index contributed by atoms with van der Waals surface area (Å²) in [5, 5.41) is 0.930. The van der Waals surface area contributed by atoms with Gasteiger partial charge in [0.15, 0.2) is 5.65 Å². The van der Waals surface area contributed by atoms with Crippen molar-refractivity contribution in [3.8, 4) is 22.8 Å². The van der Waals surface area contributed by atoms with Crippen molar-refractivity contribution in [2.75, 3.05) is 25.1 Å². The molecule has 0 aliphatic carbocycles. The predicted octanol–water partition coefficient (Wildman–Crippen LogP) is 4.94. The molecule has 4 aromatic rings. The number of halogens is 1. The third kappa shape index (κ3) is 5.00. The molecule has 10 nitrogen and oxygen atoms in total. The number of rotatable bonds is 6. The van der Waals surface area contributed by atoms with E-state index >= 15 is 0 Å². The first-order valence-corrected chi connectivity index (χ1v) is 14.2. The summed E-state index contributed by atoms with van der Waals surface area (Å²) in [5.41, 5.74) is 2.96. The molecule has 1 aliphatic rings. The minimum Gasteiger partial charge on any atom is -0.494 e. The van der Waals surface area contributed by atoms with Crippen molar-refractivity contribution in [1.82, 2.24) is 29.4 Å². The second-order valence-corrected chi connectivity index (χ2v) is 11.3. The monoisotopic (exact) mass is 587 g/mol. The van der Waals surface area contributed by atoms with Gasteiger partial charge >= 0.3 is 5.69 Å². The Morgan fingerprint density at radius 1 is 1.12 bits per heavy atom. The number of fused-ring (bicyclic) bond motifs is 1. The van der Waals surface area contributed by atoms with Crippen LogP contribution < -0.4 is 15.3 Å². The lowest BCUT2D eigenvalue weighted by Gasteiger charge is -2.44. The van der Waals surface area contributed by atoms with Crippen LogP contribution in [0.25, 0.3) is 28.1 Å². The summed E-state index contributed by atoms with van der Waals surface area (Å²) in [5.74, 6) is 0.855. The number of carbonyl (C=O) groups excluding carboxylic acids is 1. The van der Waals surface area contributed by atoms with Gasteiger partial charge in [-0.15, -0.1) is 0 Å². The first-order valence-electron chi connectivity index (χ1n) is 13.9. The van der Waals surface area contributed by atoms with E-state index in [1.165, 1.54) is 10.6 Å². The van der Waals surface area contributed by atoms with Gasteiger partial charge in [0.05, 0.1) is 28.9 Å². The van der Waals surface area contributed by atoms with E-state index in [2.05, 4.69) is 21.5 Å². The predicted molar refractivity (Wildman–Crippen MR) is 165 cm³/mol. The van der Waals surface area contributed by atoms with Crippen LogP contribution in [0.3, 0.4) is 0 Å². The molecule has 5 heterocycles. The zero-order chi connectivity index (χ0) is 30.3. The van der Waals surface area contributed by atoms with Crippen LogP contribution in [0, 0.1) is 6.92 Å². The minimum atomic E-state index is -0.492. The van der Waals surface area contributed by atoms with Crippen molar-refractivity contribution in [1.29, 1.82) is 0 Å². The zero-order valence-electron chi connectivity index (χ0n) is 24.6. The Morgan fingerprint density at radius 3 is 2.57 bits per heavy atom. The second-order valence-electron chi connectivity index (χ2n) is 10.9. The number of pyridine rings is 3. The summed E-state index contributed by atoms with van der Waals surface area (Å²) >= 11 is 6.91. The summed E-state index contributed by atoms with van der Waals surface area (Å²) in [6.45, 7) is 14.5. The molecule has 218 valence electrons. The standard InChI is InChI=1S/C31H34ClN7O3/c1-8-24(40)37-15-20(6)38(16-19(37)5)29-21-14-22(32)26(27-23(42-7)10-9-12-33-27)35-30(21)39(31(41)36-29)28-18(4)11-13-34-25(28)17(2)3/h8-14,17,19-20H,1,15-16H2,2-7H3/t19-,20+/m1/s1. The molecule has 42 heavy (non-hydrogen) atoms. The first kappa shape index (κ1) is 29.2. The summed E-state index contributed by atoms with van der Waals surface area (Å²) in [6, 6.07) is 6.92. The quantitative estimate of drug-likeness (QED) is 0.292. The van der Waals surface area contributed by atoms with Gasteiger partial charge in [-0.3, -0.25) is 14.8 Å². The van der Waals surface area contributed by atoms with Crippen molar-refractivity contribution in [2.24, 2.45) is 0 Å². The van der Waals surface area contributed by atoms with Crippen molar-refractivity contribution < 1.29 is 9.53 Å². The Kier molecular flexibility index (Phi) is 8.01. The fourth-order valence-corrected chi connectivity index (χ4v) is 5.80. The smallest absolute Gasteiger partial charge is 0.355 e. The van der Waals surface area contributed by atoms with E-state index in [1.807, 2.05) is 45.6 Å². The van der Waals surface area contributed by atoms with E-state index < -0.39 is 5.69 Å². The van der Waals surface area contributed by atoms with Crippen molar-refractivity contribution >= 4 is 34.4 Å². The molecule has 0 bridgehead atoms. The fraction of sp³-hybridized carbons (Fsp3) is 0.355. The molecule has 0 saturated carbocycles. The third-order valence-corrected chi connectivity index (χ3v) is 7.94. The van der Waals surface area contributed by atoms with Crippen LogP contribution in [-0.2, 0) is 4.79 Å². The van der Waals surface area contributed by atoms with Gasteiger partial charge in [0.25, 0.3) is 0 Å². The van der Waals surface area contributed by atoms with Gasteiger partial charge < -0.3 is 14.5 Å². The molecule has 2 atom stereocenters. The number of aromatic nitrogens is 5. The molecular formula is C31H34ClN7O3. The van der Waals surface area contributed by atoms with E-state index in [1.54, 1.807) is 42.6 Å². The molecule has 1 fully saturated rings. The summed E-state index contributed by atoms with van der Waals surface area (Å²) in [6.07, 6.45) is 4.71. The van der Waals surface area contributed by atoms with E-state index in [0.29, 0.717) is 57.8 Å². The number of hydrogen-bond acceptors (Lipinski definition) is 8. The summed E-state index contributed by atoms with van der Waals surface area (Å²) < 4.78 is 7.08. The molecule has 5 rings (SSSR count). The SMILES string of the molecule is C=CC(=O)N1C[C@H](C)N(c2nc(=O)n(-c3c(C)ccnc3C(C)C)c3nc(-c4ncccc4OC)c(Cl)cc23)C[C@H]1C. The lowest BCUT2D eigenvalue weighted by molar-refractivity contribution is -0.128. The number of amides is 1. The highest BCUT2D eigenvalue weighted by molar-refractivity contribution is 6.33. The Bertz CT molecular complexity index is 1750. The van der Waals surface area contributed by atoms with Crippen LogP contribution in [0.4, 0.5) is 5.82 Å². The third-order valence-electron chi connectivity index (χ3n) is 7.66. The maximum atomic E-state index is 14.1. The summed E-state index contributed by atoms with van der Waals surface area (Å²) in [7, 11) is 1.56. The molecule has 0 aromatic carbocycles. The van der Waals surface area contributed by atoms with Gasteiger partial charge in [-0.25, -0.2) is 14.3 Å². The number of nitrogens with zero attached hydrogens (tertiary/aromatic N) is 7. The van der Waals surface area contributed by atoms with Crippen molar-refractivity contribution in [3.05, 3.63) is 76.1 Å². The van der Waals surface area contributed by atoms with E-state index in [9.17, 15) is 9.59 Å². The van der Waals surface area contributed by atoms with Crippen LogP contribution in [0.5, 0.6) is 5.75 Å². The molecule has 0 N–H and O–H groups in total. The number of piperazine rings is 1. The lowest BCUT2D eigenvalue weighted by atomic mass is 10.0. The Balaban J connectivity index is 1.83. The van der Waals surface area contributed by atoms with Crippen LogP contribution in [-0.4, -0.2) is 67.6 Å². The van der Waals surface area contributed by atoms with E-state index in [-0.39, 0.29) is 23.9 Å². The maximum Gasteiger partial charge on any atom is 0.355 e. The molecule has 11 heteroatoms. The molecule has 0 unspecified atom stereocenters. The van der Waals surface area contributed by atoms with Gasteiger partial charge in [-0.2, -0.15) is 4.98 Å². The topological polar surface area (TPSA) is 106 Å². The molecule has 1 amide bonds. The lowest BCUT2D eigenvalue weighted by Crippen LogP contribution is -2.58. The van der Waals surface area contributed by atoms with Crippen molar-refractivity contribution in [3.63, 3.8) is 0 Å². The van der Waals surface area contributed by atoms with E-state index in [0.717, 1.165) is 11.3 Å². The Labute approximate surface area is 249 Å². The largest absolute Gasteiger partial charge is 0.494 e. The number of ether oxygens (including phenoxy) is 1. The second kappa shape index (κ2) is 11.5. The number of carbonyl (C=O) groups is 1. The van der Waals surface area contributed by atoms with Gasteiger partial charge in [-0.1, -0.05) is 32.0 Å². The number of aryl methyl sites for hydroxylation is 1. The van der Waals surface area contributed by atoms with Gasteiger partial charge in [0.2, 0.25) is 5.91 Å². The molecule has 1 aliphatic heterocycles. The normalized spacial score (nSPS) is 17.1. The highest BCUT2D eigenvalue weighted by Gasteiger charge is 2.34. The Hall–Kier alpha value is -4.31.